The minimum absolute atomic E-state index is 0.0995. The molecular formula is C24H30N4OS. The van der Waals surface area contributed by atoms with E-state index >= 15 is 0 Å². The van der Waals surface area contributed by atoms with Crippen molar-refractivity contribution in [3.05, 3.63) is 65.5 Å². The summed E-state index contributed by atoms with van der Waals surface area (Å²) >= 11 is 1.42. The summed E-state index contributed by atoms with van der Waals surface area (Å²) in [5.74, 6) is 1.23. The van der Waals surface area contributed by atoms with Crippen molar-refractivity contribution in [1.29, 1.82) is 0 Å². The smallest absolute Gasteiger partial charge is 0.191 e. The van der Waals surface area contributed by atoms with Gasteiger partial charge in [0.1, 0.15) is 0 Å². The second-order valence-electron chi connectivity index (χ2n) is 8.59. The fourth-order valence-electron chi connectivity index (χ4n) is 3.51. The summed E-state index contributed by atoms with van der Waals surface area (Å²) in [5.41, 5.74) is 5.23. The Kier molecular flexibility index (Phi) is 6.36. The summed E-state index contributed by atoms with van der Waals surface area (Å²) in [4.78, 5) is 12.8. The van der Waals surface area contributed by atoms with Crippen molar-refractivity contribution in [2.45, 2.75) is 51.7 Å². The average Bonchev–Trinajstić information content (AvgIpc) is 3.20. The number of hydrogen-bond donors (Lipinski definition) is 0. The number of carbonyl (C=O) groups is 1. The number of allylic oxidation sites excluding steroid dienone is 1. The number of benzene rings is 1. The highest BCUT2D eigenvalue weighted by Crippen LogP contribution is 2.27. The molecule has 6 heteroatoms. The maximum Gasteiger partial charge on any atom is 0.191 e. The number of hydrogen-bond acceptors (Lipinski definition) is 4. The number of thioether (sulfide) groups is 1. The van der Waals surface area contributed by atoms with Crippen LogP contribution in [0.15, 0.2) is 48.1 Å². The van der Waals surface area contributed by atoms with Gasteiger partial charge in [-0.1, -0.05) is 62.9 Å². The molecule has 0 aliphatic rings. The first-order valence-electron chi connectivity index (χ1n) is 10.1. The van der Waals surface area contributed by atoms with Crippen molar-refractivity contribution in [2.75, 3.05) is 5.75 Å². The molecule has 2 aromatic heterocycles. The van der Waals surface area contributed by atoms with Crippen LogP contribution in [-0.4, -0.2) is 30.9 Å². The van der Waals surface area contributed by atoms with Gasteiger partial charge in [0.05, 0.1) is 5.75 Å². The molecule has 30 heavy (non-hydrogen) atoms. The minimum atomic E-state index is 0.0995. The highest BCUT2D eigenvalue weighted by atomic mass is 32.2. The first-order chi connectivity index (χ1) is 14.1. The molecule has 0 unspecified atom stereocenters. The van der Waals surface area contributed by atoms with Crippen LogP contribution < -0.4 is 0 Å². The molecule has 0 saturated heterocycles. The van der Waals surface area contributed by atoms with Gasteiger partial charge in [0, 0.05) is 36.1 Å². The quantitative estimate of drug-likeness (QED) is 0.292. The van der Waals surface area contributed by atoms with Crippen LogP contribution in [0, 0.1) is 13.8 Å². The minimum Gasteiger partial charge on any atom is -0.345 e. The van der Waals surface area contributed by atoms with Crippen LogP contribution in [0.5, 0.6) is 0 Å². The van der Waals surface area contributed by atoms with E-state index in [4.69, 9.17) is 0 Å². The molecule has 3 aromatic rings. The van der Waals surface area contributed by atoms with Gasteiger partial charge in [-0.15, -0.1) is 16.8 Å². The van der Waals surface area contributed by atoms with Crippen LogP contribution in [0.4, 0.5) is 0 Å². The van der Waals surface area contributed by atoms with Crippen LogP contribution in [0.3, 0.4) is 0 Å². The van der Waals surface area contributed by atoms with Crippen molar-refractivity contribution in [3.8, 4) is 11.4 Å². The molecule has 0 N–H and O–H groups in total. The number of nitrogens with zero attached hydrogens (tertiary/aromatic N) is 4. The summed E-state index contributed by atoms with van der Waals surface area (Å²) in [5, 5.41) is 9.40. The predicted molar refractivity (Wildman–Crippen MR) is 124 cm³/mol. The number of carbonyl (C=O) groups excluding carboxylic acids is 1. The molecule has 3 rings (SSSR count). The van der Waals surface area contributed by atoms with Gasteiger partial charge >= 0.3 is 0 Å². The predicted octanol–water partition coefficient (Wildman–Crippen LogP) is 5.36. The van der Waals surface area contributed by atoms with E-state index in [2.05, 4.69) is 66.4 Å². The lowest BCUT2D eigenvalue weighted by molar-refractivity contribution is 0.102. The lowest BCUT2D eigenvalue weighted by Gasteiger charge is -2.19. The zero-order valence-corrected chi connectivity index (χ0v) is 19.5. The van der Waals surface area contributed by atoms with Gasteiger partial charge in [0.15, 0.2) is 16.8 Å². The Morgan fingerprint density at radius 2 is 1.83 bits per heavy atom. The fraction of sp³-hybridized carbons (Fsp3) is 0.375. The zero-order chi connectivity index (χ0) is 22.1. The molecular weight excluding hydrogens is 392 g/mol. The Morgan fingerprint density at radius 3 is 2.43 bits per heavy atom. The van der Waals surface area contributed by atoms with Crippen LogP contribution >= 0.6 is 11.8 Å². The Morgan fingerprint density at radius 1 is 1.17 bits per heavy atom. The highest BCUT2D eigenvalue weighted by molar-refractivity contribution is 7.99. The largest absolute Gasteiger partial charge is 0.345 e. The summed E-state index contributed by atoms with van der Waals surface area (Å²) in [6.07, 6.45) is 1.85. The van der Waals surface area contributed by atoms with Gasteiger partial charge in [-0.25, -0.2) is 0 Å². The van der Waals surface area contributed by atoms with Gasteiger partial charge in [0.25, 0.3) is 0 Å². The molecule has 0 aliphatic heterocycles. The molecule has 0 atom stereocenters. The maximum absolute atomic E-state index is 12.8. The van der Waals surface area contributed by atoms with Crippen LogP contribution in [-0.2, 0) is 19.0 Å². The van der Waals surface area contributed by atoms with E-state index in [1.54, 1.807) is 0 Å². The van der Waals surface area contributed by atoms with Gasteiger partial charge in [-0.2, -0.15) is 0 Å². The third-order valence-corrected chi connectivity index (χ3v) is 6.38. The van der Waals surface area contributed by atoms with E-state index in [1.165, 1.54) is 17.3 Å². The molecule has 0 fully saturated rings. The average molecular weight is 423 g/mol. The third-order valence-electron chi connectivity index (χ3n) is 5.36. The van der Waals surface area contributed by atoms with E-state index in [0.717, 1.165) is 33.5 Å². The summed E-state index contributed by atoms with van der Waals surface area (Å²) in [6.45, 7) is 15.1. The van der Waals surface area contributed by atoms with E-state index in [1.807, 2.05) is 37.6 Å². The van der Waals surface area contributed by atoms with Crippen molar-refractivity contribution in [1.82, 2.24) is 19.3 Å². The van der Waals surface area contributed by atoms with E-state index in [0.29, 0.717) is 12.3 Å². The molecule has 158 valence electrons. The number of rotatable bonds is 7. The van der Waals surface area contributed by atoms with Crippen LogP contribution in [0.1, 0.15) is 48.1 Å². The molecule has 0 spiro atoms. The van der Waals surface area contributed by atoms with Crippen molar-refractivity contribution in [3.63, 3.8) is 0 Å². The molecule has 2 heterocycles. The third kappa shape index (κ3) is 4.43. The lowest BCUT2D eigenvalue weighted by atomic mass is 9.87. The molecule has 0 amide bonds. The van der Waals surface area contributed by atoms with Gasteiger partial charge < -0.3 is 9.13 Å². The molecule has 1 aromatic carbocycles. The lowest BCUT2D eigenvalue weighted by Crippen LogP contribution is -2.10. The molecule has 5 nitrogen and oxygen atoms in total. The SMILES string of the molecule is C=CCn1c(C)cc(C(=O)CSc2nnc(-c3ccc(C(C)(C)C)cc3)n2C)c1C. The fourth-order valence-corrected chi connectivity index (χ4v) is 4.31. The second kappa shape index (κ2) is 8.64. The number of aromatic nitrogens is 4. The number of Topliss-reactive ketones (excluding diaryl/α,β-unsaturated/α-hetero) is 1. The molecule has 0 radical (unpaired) electrons. The first-order valence-corrected chi connectivity index (χ1v) is 11.1. The molecule has 0 saturated carbocycles. The van der Waals surface area contributed by atoms with E-state index in [-0.39, 0.29) is 11.2 Å². The van der Waals surface area contributed by atoms with E-state index < -0.39 is 0 Å². The standard InChI is InChI=1S/C24H30N4OS/c1-8-13-28-16(2)14-20(17(28)3)21(29)15-30-23-26-25-22(27(23)7)18-9-11-19(12-10-18)24(4,5)6/h8-12,14H,1,13,15H2,2-7H3. The number of ketones is 1. The zero-order valence-electron chi connectivity index (χ0n) is 18.7. The normalized spacial score (nSPS) is 11.7. The van der Waals surface area contributed by atoms with Crippen molar-refractivity contribution >= 4 is 17.5 Å². The Balaban J connectivity index is 1.74. The molecule has 0 aliphatic carbocycles. The van der Waals surface area contributed by atoms with Gasteiger partial charge in [-0.3, -0.25) is 4.79 Å². The van der Waals surface area contributed by atoms with Crippen LogP contribution in [0.2, 0.25) is 0 Å². The number of aryl methyl sites for hydroxylation is 1. The highest BCUT2D eigenvalue weighted by Gasteiger charge is 2.18. The summed E-state index contributed by atoms with van der Waals surface area (Å²) in [7, 11) is 1.94. The van der Waals surface area contributed by atoms with Gasteiger partial charge in [0.2, 0.25) is 0 Å². The Hall–Kier alpha value is -2.60. The summed E-state index contributed by atoms with van der Waals surface area (Å²) < 4.78 is 4.05. The monoisotopic (exact) mass is 422 g/mol. The van der Waals surface area contributed by atoms with Crippen molar-refractivity contribution in [2.24, 2.45) is 7.05 Å². The van der Waals surface area contributed by atoms with Crippen LogP contribution in [0.25, 0.3) is 11.4 Å². The van der Waals surface area contributed by atoms with Gasteiger partial charge in [-0.05, 0) is 30.9 Å². The van der Waals surface area contributed by atoms with Crippen molar-refractivity contribution < 1.29 is 4.79 Å². The van der Waals surface area contributed by atoms with E-state index in [9.17, 15) is 4.79 Å². The topological polar surface area (TPSA) is 52.7 Å². The second-order valence-corrected chi connectivity index (χ2v) is 9.53. The maximum atomic E-state index is 12.8. The summed E-state index contributed by atoms with van der Waals surface area (Å²) in [6, 6.07) is 10.4. The Labute approximate surface area is 183 Å². The Bertz CT molecular complexity index is 1070. The first kappa shape index (κ1) is 22.1. The molecule has 0 bridgehead atoms.